The fourth-order valence-corrected chi connectivity index (χ4v) is 1.11. The van der Waals surface area contributed by atoms with Crippen LogP contribution in [0.5, 0.6) is 5.75 Å². The molecule has 0 aliphatic heterocycles. The minimum absolute atomic E-state index is 0.255. The third kappa shape index (κ3) is 1.47. The van der Waals surface area contributed by atoms with Crippen LogP contribution in [0.3, 0.4) is 0 Å². The van der Waals surface area contributed by atoms with Gasteiger partial charge in [0.1, 0.15) is 0 Å². The summed E-state index contributed by atoms with van der Waals surface area (Å²) < 4.78 is 12.8. The van der Waals surface area contributed by atoms with Gasteiger partial charge < -0.3 is 5.11 Å². The van der Waals surface area contributed by atoms with Crippen molar-refractivity contribution in [1.82, 2.24) is 0 Å². The number of allylic oxidation sites excluding steroid dienone is 1. The van der Waals surface area contributed by atoms with Crippen LogP contribution in [0.1, 0.15) is 11.1 Å². The Hall–Kier alpha value is -1.31. The van der Waals surface area contributed by atoms with Crippen molar-refractivity contribution < 1.29 is 9.50 Å². The van der Waals surface area contributed by atoms with E-state index in [1.165, 1.54) is 6.07 Å². The van der Waals surface area contributed by atoms with Crippen LogP contribution >= 0.6 is 0 Å². The molecule has 1 N–H and O–H groups in total. The molecule has 1 aromatic rings. The molecule has 0 atom stereocenters. The maximum Gasteiger partial charge on any atom is 0.165 e. The van der Waals surface area contributed by atoms with E-state index in [0.29, 0.717) is 12.0 Å². The van der Waals surface area contributed by atoms with Gasteiger partial charge in [-0.3, -0.25) is 0 Å². The number of rotatable bonds is 2. The molecule has 0 aromatic heterocycles. The van der Waals surface area contributed by atoms with E-state index in [0.717, 1.165) is 5.56 Å². The molecule has 0 unspecified atom stereocenters. The standard InChI is InChI=1S/C10H11FO/c1-3-4-8-7(2)5-6-9(11)10(8)12/h3,5-6,12H,1,4H2,2H3. The fraction of sp³-hybridized carbons (Fsp3) is 0.200. The first kappa shape index (κ1) is 8.78. The lowest BCUT2D eigenvalue weighted by molar-refractivity contribution is 0.426. The molecule has 0 radical (unpaired) electrons. The van der Waals surface area contributed by atoms with Gasteiger partial charge in [-0.25, -0.2) is 4.39 Å². The van der Waals surface area contributed by atoms with Crippen molar-refractivity contribution in [3.63, 3.8) is 0 Å². The molecule has 0 amide bonds. The van der Waals surface area contributed by atoms with Gasteiger partial charge in [0.2, 0.25) is 0 Å². The number of phenolic OH excluding ortho intramolecular Hbond substituents is 1. The molecular formula is C10H11FO. The van der Waals surface area contributed by atoms with Crippen LogP contribution in [-0.2, 0) is 6.42 Å². The molecule has 64 valence electrons. The molecule has 0 aliphatic carbocycles. The lowest BCUT2D eigenvalue weighted by Gasteiger charge is -2.05. The fourth-order valence-electron chi connectivity index (χ4n) is 1.11. The number of benzene rings is 1. The van der Waals surface area contributed by atoms with E-state index in [1.54, 1.807) is 12.1 Å². The number of aryl methyl sites for hydroxylation is 1. The van der Waals surface area contributed by atoms with E-state index in [4.69, 9.17) is 0 Å². The molecule has 0 saturated carbocycles. The molecule has 0 bridgehead atoms. The normalized spacial score (nSPS) is 9.83. The Kier molecular flexibility index (Phi) is 2.48. The SMILES string of the molecule is C=CCc1c(C)ccc(F)c1O. The summed E-state index contributed by atoms with van der Waals surface area (Å²) in [5.41, 5.74) is 1.50. The molecule has 0 saturated heterocycles. The van der Waals surface area contributed by atoms with E-state index in [1.807, 2.05) is 6.92 Å². The Labute approximate surface area is 71.2 Å². The van der Waals surface area contributed by atoms with Crippen molar-refractivity contribution in [2.45, 2.75) is 13.3 Å². The zero-order valence-corrected chi connectivity index (χ0v) is 6.97. The zero-order valence-electron chi connectivity index (χ0n) is 6.97. The minimum Gasteiger partial charge on any atom is -0.505 e. The molecule has 1 nitrogen and oxygen atoms in total. The summed E-state index contributed by atoms with van der Waals surface area (Å²) in [5, 5.41) is 9.29. The Morgan fingerprint density at radius 1 is 1.58 bits per heavy atom. The average molecular weight is 166 g/mol. The smallest absolute Gasteiger partial charge is 0.165 e. The highest BCUT2D eigenvalue weighted by atomic mass is 19.1. The van der Waals surface area contributed by atoms with Gasteiger partial charge in [-0.1, -0.05) is 12.1 Å². The summed E-state index contributed by atoms with van der Waals surface area (Å²) >= 11 is 0. The summed E-state index contributed by atoms with van der Waals surface area (Å²) in [6.45, 7) is 5.37. The van der Waals surface area contributed by atoms with Crippen molar-refractivity contribution in [3.05, 3.63) is 41.7 Å². The predicted octanol–water partition coefficient (Wildman–Crippen LogP) is 2.57. The second kappa shape index (κ2) is 3.39. The number of aromatic hydroxyl groups is 1. The van der Waals surface area contributed by atoms with E-state index in [-0.39, 0.29) is 5.75 Å². The van der Waals surface area contributed by atoms with E-state index < -0.39 is 5.82 Å². The molecule has 1 aromatic carbocycles. The molecule has 2 heteroatoms. The monoisotopic (exact) mass is 166 g/mol. The van der Waals surface area contributed by atoms with Crippen LogP contribution in [0.25, 0.3) is 0 Å². The van der Waals surface area contributed by atoms with Gasteiger partial charge in [0.15, 0.2) is 11.6 Å². The summed E-state index contributed by atoms with van der Waals surface area (Å²) in [6.07, 6.45) is 2.14. The van der Waals surface area contributed by atoms with E-state index in [9.17, 15) is 9.50 Å². The van der Waals surface area contributed by atoms with Gasteiger partial charge in [-0.2, -0.15) is 0 Å². The Bertz CT molecular complexity index is 305. The lowest BCUT2D eigenvalue weighted by Crippen LogP contribution is -1.90. The van der Waals surface area contributed by atoms with Crippen LogP contribution in [0, 0.1) is 12.7 Å². The highest BCUT2D eigenvalue weighted by Crippen LogP contribution is 2.24. The maximum absolute atomic E-state index is 12.8. The molecule has 0 aliphatic rings. The summed E-state index contributed by atoms with van der Waals surface area (Å²) in [7, 11) is 0. The van der Waals surface area contributed by atoms with Crippen molar-refractivity contribution in [3.8, 4) is 5.75 Å². The molecule has 0 fully saturated rings. The summed E-state index contributed by atoms with van der Waals surface area (Å²) in [4.78, 5) is 0. The maximum atomic E-state index is 12.8. The van der Waals surface area contributed by atoms with Crippen LogP contribution in [0.2, 0.25) is 0 Å². The topological polar surface area (TPSA) is 20.2 Å². The van der Waals surface area contributed by atoms with Crippen molar-refractivity contribution in [1.29, 1.82) is 0 Å². The Morgan fingerprint density at radius 2 is 2.25 bits per heavy atom. The van der Waals surface area contributed by atoms with Crippen LogP contribution in [-0.4, -0.2) is 5.11 Å². The highest BCUT2D eigenvalue weighted by Gasteiger charge is 2.07. The van der Waals surface area contributed by atoms with Crippen LogP contribution < -0.4 is 0 Å². The summed E-state index contributed by atoms with van der Waals surface area (Å²) in [6, 6.07) is 2.91. The van der Waals surface area contributed by atoms with Crippen molar-refractivity contribution in [2.75, 3.05) is 0 Å². The van der Waals surface area contributed by atoms with Crippen LogP contribution in [0.4, 0.5) is 4.39 Å². The van der Waals surface area contributed by atoms with Gasteiger partial charge in [-0.15, -0.1) is 6.58 Å². The first-order valence-corrected chi connectivity index (χ1v) is 3.74. The molecular weight excluding hydrogens is 155 g/mol. The van der Waals surface area contributed by atoms with E-state index in [2.05, 4.69) is 6.58 Å². The Balaban J connectivity index is 3.22. The number of hydrogen-bond acceptors (Lipinski definition) is 1. The van der Waals surface area contributed by atoms with Gasteiger partial charge in [-0.05, 0) is 25.0 Å². The predicted molar refractivity (Wildman–Crippen MR) is 46.7 cm³/mol. The largest absolute Gasteiger partial charge is 0.505 e. The van der Waals surface area contributed by atoms with E-state index >= 15 is 0 Å². The van der Waals surface area contributed by atoms with Crippen molar-refractivity contribution >= 4 is 0 Å². The summed E-state index contributed by atoms with van der Waals surface area (Å²) in [5.74, 6) is -0.827. The van der Waals surface area contributed by atoms with Crippen LogP contribution in [0.15, 0.2) is 24.8 Å². The van der Waals surface area contributed by atoms with Gasteiger partial charge in [0, 0.05) is 5.56 Å². The number of halogens is 1. The lowest BCUT2D eigenvalue weighted by atomic mass is 10.0. The number of hydrogen-bond donors (Lipinski definition) is 1. The molecule has 1 rings (SSSR count). The first-order chi connectivity index (χ1) is 5.66. The molecule has 12 heavy (non-hydrogen) atoms. The third-order valence-electron chi connectivity index (χ3n) is 1.82. The number of phenols is 1. The zero-order chi connectivity index (χ0) is 9.14. The second-order valence-electron chi connectivity index (χ2n) is 2.68. The Morgan fingerprint density at radius 3 is 2.83 bits per heavy atom. The first-order valence-electron chi connectivity index (χ1n) is 3.74. The van der Waals surface area contributed by atoms with Gasteiger partial charge in [0.25, 0.3) is 0 Å². The average Bonchev–Trinajstić information content (AvgIpc) is 2.06. The minimum atomic E-state index is -0.572. The highest BCUT2D eigenvalue weighted by molar-refractivity contribution is 5.40. The molecule has 0 heterocycles. The second-order valence-corrected chi connectivity index (χ2v) is 2.68. The van der Waals surface area contributed by atoms with Gasteiger partial charge in [0.05, 0.1) is 0 Å². The van der Waals surface area contributed by atoms with Crippen molar-refractivity contribution in [2.24, 2.45) is 0 Å². The molecule has 0 spiro atoms. The quantitative estimate of drug-likeness (QED) is 0.669. The third-order valence-corrected chi connectivity index (χ3v) is 1.82. The van der Waals surface area contributed by atoms with Gasteiger partial charge >= 0.3 is 0 Å².